The summed E-state index contributed by atoms with van der Waals surface area (Å²) in [5, 5.41) is 13.9. The van der Waals surface area contributed by atoms with Crippen LogP contribution in [0.5, 0.6) is 0 Å². The Hall–Kier alpha value is -2.57. The van der Waals surface area contributed by atoms with Crippen molar-refractivity contribution in [3.8, 4) is 0 Å². The maximum Gasteiger partial charge on any atom is 0.408 e. The van der Waals surface area contributed by atoms with Crippen molar-refractivity contribution in [2.75, 3.05) is 0 Å². The zero-order chi connectivity index (χ0) is 17.5. The quantitative estimate of drug-likeness (QED) is 0.739. The molecule has 1 atom stereocenters. The second-order valence-electron chi connectivity index (χ2n) is 6.10. The molecule has 7 heteroatoms. The molecule has 1 aromatic carbocycles. The molecule has 0 aliphatic rings. The third-order valence-electron chi connectivity index (χ3n) is 2.71. The molecule has 0 saturated carbocycles. The lowest BCUT2D eigenvalue weighted by atomic mass is 10.1. The van der Waals surface area contributed by atoms with Gasteiger partial charge in [-0.3, -0.25) is 4.79 Å². The van der Waals surface area contributed by atoms with Crippen LogP contribution < -0.4 is 10.6 Å². The average molecular weight is 322 g/mol. The van der Waals surface area contributed by atoms with E-state index in [4.69, 9.17) is 9.84 Å². The Morgan fingerprint density at radius 2 is 1.78 bits per heavy atom. The fourth-order valence-electron chi connectivity index (χ4n) is 1.76. The van der Waals surface area contributed by atoms with Crippen LogP contribution >= 0.6 is 0 Å². The summed E-state index contributed by atoms with van der Waals surface area (Å²) < 4.78 is 4.95. The van der Waals surface area contributed by atoms with E-state index in [1.165, 1.54) is 0 Å². The summed E-state index contributed by atoms with van der Waals surface area (Å²) >= 11 is 0. The molecule has 2 amide bonds. The summed E-state index contributed by atoms with van der Waals surface area (Å²) in [6.07, 6.45) is -1.25. The van der Waals surface area contributed by atoms with Crippen LogP contribution in [0.3, 0.4) is 0 Å². The number of carboxylic acid groups (broad SMARTS) is 1. The van der Waals surface area contributed by atoms with E-state index in [0.29, 0.717) is 0 Å². The minimum absolute atomic E-state index is 0.0210. The van der Waals surface area contributed by atoms with Gasteiger partial charge in [-0.2, -0.15) is 0 Å². The van der Waals surface area contributed by atoms with Gasteiger partial charge < -0.3 is 20.5 Å². The molecule has 1 rings (SSSR count). The predicted octanol–water partition coefficient (Wildman–Crippen LogP) is 1.67. The first-order valence-corrected chi connectivity index (χ1v) is 7.18. The van der Waals surface area contributed by atoms with Crippen molar-refractivity contribution >= 4 is 18.0 Å². The van der Waals surface area contributed by atoms with E-state index in [9.17, 15) is 14.4 Å². The van der Waals surface area contributed by atoms with Gasteiger partial charge >= 0.3 is 12.1 Å². The van der Waals surface area contributed by atoms with Crippen LogP contribution in [0, 0.1) is 0 Å². The predicted molar refractivity (Wildman–Crippen MR) is 83.7 cm³/mol. The van der Waals surface area contributed by atoms with Crippen LogP contribution in [0.4, 0.5) is 4.79 Å². The number of carbonyl (C=O) groups is 3. The summed E-state index contributed by atoms with van der Waals surface area (Å²) in [6.45, 7) is 5.36. The topological polar surface area (TPSA) is 105 Å². The maximum absolute atomic E-state index is 11.8. The van der Waals surface area contributed by atoms with Crippen molar-refractivity contribution in [1.29, 1.82) is 0 Å². The summed E-state index contributed by atoms with van der Waals surface area (Å²) in [4.78, 5) is 34.6. The van der Waals surface area contributed by atoms with Gasteiger partial charge in [0.05, 0.1) is 6.42 Å². The van der Waals surface area contributed by atoms with Crippen LogP contribution in [0.15, 0.2) is 30.3 Å². The van der Waals surface area contributed by atoms with Gasteiger partial charge in [-0.15, -0.1) is 0 Å². The molecule has 0 bridgehead atoms. The van der Waals surface area contributed by atoms with E-state index in [2.05, 4.69) is 10.6 Å². The molecule has 1 aromatic rings. The first-order valence-electron chi connectivity index (χ1n) is 7.18. The molecule has 0 saturated heterocycles. The number of carbonyl (C=O) groups excluding carboxylic acids is 2. The Bertz CT molecular complexity index is 551. The third kappa shape index (κ3) is 7.85. The van der Waals surface area contributed by atoms with E-state index >= 15 is 0 Å². The monoisotopic (exact) mass is 322 g/mol. The Morgan fingerprint density at radius 1 is 1.17 bits per heavy atom. The first kappa shape index (κ1) is 18.5. The van der Waals surface area contributed by atoms with Crippen molar-refractivity contribution in [2.45, 2.75) is 45.4 Å². The molecular formula is C16H22N2O5. The van der Waals surface area contributed by atoms with Crippen molar-refractivity contribution in [3.05, 3.63) is 35.9 Å². The zero-order valence-corrected chi connectivity index (χ0v) is 13.5. The SMILES string of the molecule is CC(C)(C)NC(=O)CC(NC(=O)OCc1ccccc1)C(=O)O. The molecule has 0 fully saturated rings. The van der Waals surface area contributed by atoms with Crippen molar-refractivity contribution < 1.29 is 24.2 Å². The van der Waals surface area contributed by atoms with E-state index in [-0.39, 0.29) is 13.0 Å². The average Bonchev–Trinajstić information content (AvgIpc) is 2.43. The van der Waals surface area contributed by atoms with Gasteiger partial charge in [-0.1, -0.05) is 30.3 Å². The normalized spacial score (nSPS) is 12.1. The van der Waals surface area contributed by atoms with E-state index in [1.54, 1.807) is 45.0 Å². The van der Waals surface area contributed by atoms with E-state index in [1.807, 2.05) is 6.07 Å². The highest BCUT2D eigenvalue weighted by molar-refractivity contribution is 5.87. The standard InChI is InChI=1S/C16H22N2O5/c1-16(2,3)18-13(19)9-12(14(20)21)17-15(22)23-10-11-7-5-4-6-8-11/h4-8,12H,9-10H2,1-3H3,(H,17,22)(H,18,19)(H,20,21). The van der Waals surface area contributed by atoms with E-state index in [0.717, 1.165) is 5.56 Å². The number of benzene rings is 1. The van der Waals surface area contributed by atoms with Gasteiger partial charge in [0.15, 0.2) is 0 Å². The molecule has 0 aromatic heterocycles. The summed E-state index contributed by atoms with van der Waals surface area (Å²) in [6, 6.07) is 7.64. The largest absolute Gasteiger partial charge is 0.480 e. The van der Waals surface area contributed by atoms with Crippen LogP contribution in [-0.4, -0.2) is 34.7 Å². The zero-order valence-electron chi connectivity index (χ0n) is 13.5. The minimum Gasteiger partial charge on any atom is -0.480 e. The summed E-state index contributed by atoms with van der Waals surface area (Å²) in [5.74, 6) is -1.76. The Balaban J connectivity index is 2.50. The highest BCUT2D eigenvalue weighted by Gasteiger charge is 2.25. The van der Waals surface area contributed by atoms with E-state index < -0.39 is 29.6 Å². The maximum atomic E-state index is 11.8. The number of nitrogens with one attached hydrogen (secondary N) is 2. The van der Waals surface area contributed by atoms with Crippen molar-refractivity contribution in [2.24, 2.45) is 0 Å². The Kier molecular flexibility index (Phi) is 6.56. The van der Waals surface area contributed by atoms with Crippen molar-refractivity contribution in [1.82, 2.24) is 10.6 Å². The summed E-state index contributed by atoms with van der Waals surface area (Å²) in [5.41, 5.74) is 0.300. The summed E-state index contributed by atoms with van der Waals surface area (Å²) in [7, 11) is 0. The molecule has 7 nitrogen and oxygen atoms in total. The number of hydrogen-bond acceptors (Lipinski definition) is 4. The number of aliphatic carboxylic acids is 1. The number of hydrogen-bond donors (Lipinski definition) is 3. The number of alkyl carbamates (subject to hydrolysis) is 1. The van der Waals surface area contributed by atoms with Gasteiger partial charge in [0.25, 0.3) is 0 Å². The molecule has 23 heavy (non-hydrogen) atoms. The number of ether oxygens (including phenoxy) is 1. The lowest BCUT2D eigenvalue weighted by Gasteiger charge is -2.22. The van der Waals surface area contributed by atoms with Gasteiger partial charge in [0.2, 0.25) is 5.91 Å². The molecular weight excluding hydrogens is 300 g/mol. The fraction of sp³-hybridized carbons (Fsp3) is 0.438. The fourth-order valence-corrected chi connectivity index (χ4v) is 1.76. The van der Waals surface area contributed by atoms with Gasteiger partial charge in [-0.25, -0.2) is 9.59 Å². The smallest absolute Gasteiger partial charge is 0.408 e. The number of rotatable bonds is 6. The lowest BCUT2D eigenvalue weighted by molar-refractivity contribution is -0.141. The molecule has 0 aliphatic carbocycles. The molecule has 0 spiro atoms. The van der Waals surface area contributed by atoms with Gasteiger partial charge in [0, 0.05) is 5.54 Å². The number of carboxylic acids is 1. The number of amides is 2. The molecule has 0 heterocycles. The molecule has 0 radical (unpaired) electrons. The molecule has 3 N–H and O–H groups in total. The second kappa shape index (κ2) is 8.17. The molecule has 1 unspecified atom stereocenters. The molecule has 126 valence electrons. The van der Waals surface area contributed by atoms with Gasteiger partial charge in [-0.05, 0) is 26.3 Å². The Morgan fingerprint density at radius 3 is 2.30 bits per heavy atom. The highest BCUT2D eigenvalue weighted by Crippen LogP contribution is 2.03. The molecule has 0 aliphatic heterocycles. The van der Waals surface area contributed by atoms with Crippen LogP contribution in [0.25, 0.3) is 0 Å². The van der Waals surface area contributed by atoms with Gasteiger partial charge in [0.1, 0.15) is 12.6 Å². The highest BCUT2D eigenvalue weighted by atomic mass is 16.5. The minimum atomic E-state index is -1.35. The van der Waals surface area contributed by atoms with Crippen LogP contribution in [0.1, 0.15) is 32.8 Å². The Labute approximate surface area is 135 Å². The van der Waals surface area contributed by atoms with Crippen LogP contribution in [0.2, 0.25) is 0 Å². The van der Waals surface area contributed by atoms with Crippen molar-refractivity contribution in [3.63, 3.8) is 0 Å². The van der Waals surface area contributed by atoms with Crippen LogP contribution in [-0.2, 0) is 20.9 Å². The first-order chi connectivity index (χ1) is 10.7. The third-order valence-corrected chi connectivity index (χ3v) is 2.71. The second-order valence-corrected chi connectivity index (χ2v) is 6.10. The lowest BCUT2D eigenvalue weighted by Crippen LogP contribution is -2.47.